The average molecular weight is 286 g/mol. The van der Waals surface area contributed by atoms with Crippen LogP contribution in [-0.2, 0) is 0 Å². The highest BCUT2D eigenvalue weighted by Gasteiger charge is 2.11. The van der Waals surface area contributed by atoms with Gasteiger partial charge in [0.15, 0.2) is 5.78 Å². The van der Waals surface area contributed by atoms with E-state index in [0.29, 0.717) is 17.1 Å². The smallest absolute Gasteiger partial charge is 0.189 e. The molecule has 0 aliphatic heterocycles. The molecule has 21 heavy (non-hydrogen) atoms. The van der Waals surface area contributed by atoms with Gasteiger partial charge < -0.3 is 9.47 Å². The molecular formula is C16H18N2O3. The number of nitrogens with one attached hydrogen (secondary N) is 1. The van der Waals surface area contributed by atoms with Gasteiger partial charge in [0.25, 0.3) is 0 Å². The van der Waals surface area contributed by atoms with Crippen LogP contribution in [0.25, 0.3) is 6.08 Å². The van der Waals surface area contributed by atoms with Crippen molar-refractivity contribution in [3.63, 3.8) is 0 Å². The van der Waals surface area contributed by atoms with Crippen LogP contribution in [0.5, 0.6) is 11.5 Å². The van der Waals surface area contributed by atoms with Crippen LogP contribution in [0, 0.1) is 13.8 Å². The van der Waals surface area contributed by atoms with Gasteiger partial charge in [-0.25, -0.2) is 0 Å². The summed E-state index contributed by atoms with van der Waals surface area (Å²) in [5.74, 6) is 1.01. The molecule has 0 saturated heterocycles. The highest BCUT2D eigenvalue weighted by atomic mass is 16.5. The van der Waals surface area contributed by atoms with Crippen molar-refractivity contribution in [2.75, 3.05) is 14.2 Å². The Bertz CT molecular complexity index is 667. The number of carbonyl (C=O) groups excluding carboxylic acids is 1. The van der Waals surface area contributed by atoms with Crippen LogP contribution in [0.3, 0.4) is 0 Å². The number of methoxy groups -OCH3 is 2. The number of allylic oxidation sites excluding steroid dienone is 1. The minimum Gasteiger partial charge on any atom is -0.497 e. The second-order valence-corrected chi connectivity index (χ2v) is 4.61. The summed E-state index contributed by atoms with van der Waals surface area (Å²) in [5.41, 5.74) is 3.21. The molecule has 1 N–H and O–H groups in total. The number of hydrogen-bond acceptors (Lipinski definition) is 4. The zero-order valence-corrected chi connectivity index (χ0v) is 12.6. The van der Waals surface area contributed by atoms with Crippen molar-refractivity contribution in [2.24, 2.45) is 0 Å². The Balaban J connectivity index is 2.28. The highest BCUT2D eigenvalue weighted by Crippen LogP contribution is 2.25. The Morgan fingerprint density at radius 3 is 2.57 bits per heavy atom. The molecule has 5 heteroatoms. The third-order valence-corrected chi connectivity index (χ3v) is 3.26. The average Bonchev–Trinajstić information content (AvgIpc) is 2.82. The van der Waals surface area contributed by atoms with E-state index in [2.05, 4.69) is 10.2 Å². The number of rotatable bonds is 5. The van der Waals surface area contributed by atoms with Crippen LogP contribution in [-0.4, -0.2) is 30.2 Å². The fourth-order valence-electron chi connectivity index (χ4n) is 2.06. The van der Waals surface area contributed by atoms with E-state index in [0.717, 1.165) is 17.0 Å². The molecule has 2 aromatic rings. The Morgan fingerprint density at radius 1 is 1.24 bits per heavy atom. The number of ketones is 1. The van der Waals surface area contributed by atoms with Gasteiger partial charge in [-0.3, -0.25) is 9.89 Å². The maximum Gasteiger partial charge on any atom is 0.189 e. The summed E-state index contributed by atoms with van der Waals surface area (Å²) in [7, 11) is 3.10. The molecule has 0 unspecified atom stereocenters. The SMILES string of the molecule is COc1ccc(C(=O)/C=C/c2c(C)n[nH]c2C)c(OC)c1. The molecule has 2 rings (SSSR count). The Labute approximate surface area is 123 Å². The van der Waals surface area contributed by atoms with E-state index >= 15 is 0 Å². The van der Waals surface area contributed by atoms with Gasteiger partial charge in [-0.15, -0.1) is 0 Å². The first-order valence-electron chi connectivity index (χ1n) is 6.52. The van der Waals surface area contributed by atoms with E-state index in [-0.39, 0.29) is 5.78 Å². The molecular weight excluding hydrogens is 268 g/mol. The van der Waals surface area contributed by atoms with Crippen LogP contribution in [0.1, 0.15) is 27.3 Å². The van der Waals surface area contributed by atoms with Gasteiger partial charge in [-0.2, -0.15) is 5.10 Å². The topological polar surface area (TPSA) is 64.2 Å². The Hall–Kier alpha value is -2.56. The fourth-order valence-corrected chi connectivity index (χ4v) is 2.06. The van der Waals surface area contributed by atoms with Gasteiger partial charge in [0.05, 0.1) is 25.5 Å². The van der Waals surface area contributed by atoms with Gasteiger partial charge in [-0.05, 0) is 38.1 Å². The van der Waals surface area contributed by atoms with E-state index in [1.54, 1.807) is 31.4 Å². The predicted octanol–water partition coefficient (Wildman–Crippen LogP) is 2.94. The van der Waals surface area contributed by atoms with Crippen LogP contribution in [0.4, 0.5) is 0 Å². The van der Waals surface area contributed by atoms with Crippen molar-refractivity contribution < 1.29 is 14.3 Å². The highest BCUT2D eigenvalue weighted by molar-refractivity contribution is 6.08. The van der Waals surface area contributed by atoms with Crippen molar-refractivity contribution in [1.29, 1.82) is 0 Å². The first-order chi connectivity index (χ1) is 10.1. The van der Waals surface area contributed by atoms with Gasteiger partial charge in [-0.1, -0.05) is 0 Å². The second-order valence-electron chi connectivity index (χ2n) is 4.61. The van der Waals surface area contributed by atoms with Crippen molar-refractivity contribution in [1.82, 2.24) is 10.2 Å². The molecule has 0 atom stereocenters. The third kappa shape index (κ3) is 3.13. The molecule has 5 nitrogen and oxygen atoms in total. The van der Waals surface area contributed by atoms with Crippen LogP contribution >= 0.6 is 0 Å². The number of nitrogens with zero attached hydrogens (tertiary/aromatic N) is 1. The quantitative estimate of drug-likeness (QED) is 0.678. The number of hydrogen-bond donors (Lipinski definition) is 1. The zero-order valence-electron chi connectivity index (χ0n) is 12.6. The number of aromatic amines is 1. The van der Waals surface area contributed by atoms with Crippen molar-refractivity contribution in [3.05, 3.63) is 46.8 Å². The molecule has 0 aliphatic carbocycles. The number of aromatic nitrogens is 2. The lowest BCUT2D eigenvalue weighted by Crippen LogP contribution is -1.99. The van der Waals surface area contributed by atoms with Gasteiger partial charge in [0.1, 0.15) is 11.5 Å². The van der Waals surface area contributed by atoms with Crippen LogP contribution < -0.4 is 9.47 Å². The van der Waals surface area contributed by atoms with Gasteiger partial charge in [0.2, 0.25) is 0 Å². The van der Waals surface area contributed by atoms with Gasteiger partial charge >= 0.3 is 0 Å². The van der Waals surface area contributed by atoms with E-state index in [1.165, 1.54) is 13.2 Å². The number of carbonyl (C=O) groups is 1. The lowest BCUT2D eigenvalue weighted by molar-refractivity contribution is 0.104. The maximum atomic E-state index is 12.3. The predicted molar refractivity (Wildman–Crippen MR) is 81.0 cm³/mol. The number of H-pyrrole nitrogens is 1. The number of benzene rings is 1. The molecule has 0 fully saturated rings. The normalized spacial score (nSPS) is 10.9. The summed E-state index contributed by atoms with van der Waals surface area (Å²) in [5, 5.41) is 6.98. The largest absolute Gasteiger partial charge is 0.497 e. The molecule has 0 amide bonds. The van der Waals surface area contributed by atoms with E-state index in [4.69, 9.17) is 9.47 Å². The van der Waals surface area contributed by atoms with Crippen molar-refractivity contribution in [3.8, 4) is 11.5 Å². The first-order valence-corrected chi connectivity index (χ1v) is 6.52. The molecule has 0 radical (unpaired) electrons. The zero-order chi connectivity index (χ0) is 15.4. The lowest BCUT2D eigenvalue weighted by atomic mass is 10.1. The van der Waals surface area contributed by atoms with Crippen molar-refractivity contribution >= 4 is 11.9 Å². The molecule has 0 aliphatic rings. The van der Waals surface area contributed by atoms with Gasteiger partial charge in [0, 0.05) is 17.3 Å². The summed E-state index contributed by atoms with van der Waals surface area (Å²) in [6.45, 7) is 3.81. The fraction of sp³-hybridized carbons (Fsp3) is 0.250. The standard InChI is InChI=1S/C16H18N2O3/c1-10-13(11(2)18-17-10)7-8-15(19)14-6-5-12(20-3)9-16(14)21-4/h5-9H,1-4H3,(H,17,18)/b8-7+. The summed E-state index contributed by atoms with van der Waals surface area (Å²) < 4.78 is 10.4. The summed E-state index contributed by atoms with van der Waals surface area (Å²) in [6, 6.07) is 5.12. The summed E-state index contributed by atoms with van der Waals surface area (Å²) >= 11 is 0. The third-order valence-electron chi connectivity index (χ3n) is 3.26. The second kappa shape index (κ2) is 6.26. The molecule has 1 aromatic heterocycles. The Kier molecular flexibility index (Phi) is 4.42. The van der Waals surface area contributed by atoms with Crippen LogP contribution in [0.2, 0.25) is 0 Å². The molecule has 0 bridgehead atoms. The minimum atomic E-state index is -0.130. The van der Waals surface area contributed by atoms with Crippen LogP contribution in [0.15, 0.2) is 24.3 Å². The van der Waals surface area contributed by atoms with E-state index in [1.807, 2.05) is 13.8 Å². The van der Waals surface area contributed by atoms with E-state index < -0.39 is 0 Å². The molecule has 0 saturated carbocycles. The monoisotopic (exact) mass is 286 g/mol. The number of ether oxygens (including phenoxy) is 2. The molecule has 110 valence electrons. The molecule has 0 spiro atoms. The molecule has 1 heterocycles. The Morgan fingerprint density at radius 2 is 2.00 bits per heavy atom. The molecule has 1 aromatic carbocycles. The van der Waals surface area contributed by atoms with Crippen molar-refractivity contribution in [2.45, 2.75) is 13.8 Å². The minimum absolute atomic E-state index is 0.130. The van der Waals surface area contributed by atoms with E-state index in [9.17, 15) is 4.79 Å². The number of aryl methyl sites for hydroxylation is 2. The lowest BCUT2D eigenvalue weighted by Gasteiger charge is -2.07. The summed E-state index contributed by atoms with van der Waals surface area (Å²) in [6.07, 6.45) is 3.29. The summed E-state index contributed by atoms with van der Waals surface area (Å²) in [4.78, 5) is 12.3. The maximum absolute atomic E-state index is 12.3. The first kappa shape index (κ1) is 14.8.